The molecule has 4 nitrogen and oxygen atoms in total. The van der Waals surface area contributed by atoms with Gasteiger partial charge in [0, 0.05) is 27.2 Å². The molecule has 0 atom stereocenters. The zero-order valence-electron chi connectivity index (χ0n) is 13.2. The summed E-state index contributed by atoms with van der Waals surface area (Å²) in [6.07, 6.45) is 0. The number of halogens is 1. The monoisotopic (exact) mass is 358 g/mol. The molecule has 1 N–H and O–H groups in total. The fraction of sp³-hybridized carbons (Fsp3) is 0.111. The van der Waals surface area contributed by atoms with Crippen molar-refractivity contribution in [2.75, 3.05) is 12.4 Å². The van der Waals surface area contributed by atoms with Crippen LogP contribution in [0.15, 0.2) is 47.8 Å². The Morgan fingerprint density at radius 2 is 1.96 bits per heavy atom. The van der Waals surface area contributed by atoms with Gasteiger partial charge < -0.3 is 10.1 Å². The van der Waals surface area contributed by atoms with Gasteiger partial charge in [0.05, 0.1) is 12.8 Å². The molecule has 24 heavy (non-hydrogen) atoms. The number of hydrogen-bond acceptors (Lipinski definition) is 5. The molecule has 1 heterocycles. The Balaban J connectivity index is 1.83. The van der Waals surface area contributed by atoms with Crippen LogP contribution in [-0.2, 0) is 0 Å². The molecule has 1 aromatic heterocycles. The SMILES string of the molecule is COc1ccc(Cl)cc1-c1csc(Nc2ccc(C(C)=O)cc2)n1. The third kappa shape index (κ3) is 3.58. The number of methoxy groups -OCH3 is 1. The fourth-order valence-corrected chi connectivity index (χ4v) is 3.15. The van der Waals surface area contributed by atoms with Gasteiger partial charge >= 0.3 is 0 Å². The molecule has 122 valence electrons. The third-order valence-corrected chi connectivity index (χ3v) is 4.48. The molecule has 3 rings (SSSR count). The van der Waals surface area contributed by atoms with Crippen LogP contribution in [0.5, 0.6) is 5.75 Å². The van der Waals surface area contributed by atoms with Gasteiger partial charge in [-0.15, -0.1) is 11.3 Å². The van der Waals surface area contributed by atoms with Crippen molar-refractivity contribution in [2.45, 2.75) is 6.92 Å². The molecule has 0 amide bonds. The van der Waals surface area contributed by atoms with E-state index in [1.807, 2.05) is 29.6 Å². The standard InChI is InChI=1S/C18H15ClN2O2S/c1-11(22)12-3-6-14(7-4-12)20-18-21-16(10-24-18)15-9-13(19)5-8-17(15)23-2/h3-10H,1-2H3,(H,20,21). The van der Waals surface area contributed by atoms with Crippen LogP contribution >= 0.6 is 22.9 Å². The third-order valence-electron chi connectivity index (χ3n) is 3.48. The van der Waals surface area contributed by atoms with Crippen molar-refractivity contribution in [2.24, 2.45) is 0 Å². The minimum atomic E-state index is 0.0473. The van der Waals surface area contributed by atoms with Crippen LogP contribution in [0.4, 0.5) is 10.8 Å². The first-order chi connectivity index (χ1) is 11.6. The van der Waals surface area contributed by atoms with Gasteiger partial charge in [0.1, 0.15) is 5.75 Å². The number of thiazole rings is 1. The average molecular weight is 359 g/mol. The molecular weight excluding hydrogens is 344 g/mol. The maximum absolute atomic E-state index is 11.3. The summed E-state index contributed by atoms with van der Waals surface area (Å²) in [7, 11) is 1.62. The second kappa shape index (κ2) is 7.03. The molecule has 2 aromatic carbocycles. The lowest BCUT2D eigenvalue weighted by Gasteiger charge is -2.06. The number of hydrogen-bond donors (Lipinski definition) is 1. The van der Waals surface area contributed by atoms with Crippen molar-refractivity contribution in [1.29, 1.82) is 0 Å². The van der Waals surface area contributed by atoms with Crippen molar-refractivity contribution >= 4 is 39.5 Å². The first kappa shape index (κ1) is 16.5. The van der Waals surface area contributed by atoms with Crippen molar-refractivity contribution in [3.8, 4) is 17.0 Å². The van der Waals surface area contributed by atoms with E-state index in [2.05, 4.69) is 10.3 Å². The van der Waals surface area contributed by atoms with Crippen molar-refractivity contribution in [1.82, 2.24) is 4.98 Å². The summed E-state index contributed by atoms with van der Waals surface area (Å²) in [4.78, 5) is 15.9. The number of nitrogens with zero attached hydrogens (tertiary/aromatic N) is 1. The van der Waals surface area contributed by atoms with Gasteiger partial charge in [-0.25, -0.2) is 4.98 Å². The van der Waals surface area contributed by atoms with Gasteiger partial charge in [0.15, 0.2) is 10.9 Å². The Morgan fingerprint density at radius 1 is 1.21 bits per heavy atom. The van der Waals surface area contributed by atoms with E-state index in [1.165, 1.54) is 11.3 Å². The van der Waals surface area contributed by atoms with E-state index in [0.29, 0.717) is 10.6 Å². The van der Waals surface area contributed by atoms with Gasteiger partial charge in [0.25, 0.3) is 0 Å². The Bertz CT molecular complexity index is 875. The summed E-state index contributed by atoms with van der Waals surface area (Å²) < 4.78 is 5.37. The van der Waals surface area contributed by atoms with Crippen LogP contribution in [0.1, 0.15) is 17.3 Å². The highest BCUT2D eigenvalue weighted by molar-refractivity contribution is 7.14. The number of ether oxygens (including phenoxy) is 1. The molecule has 0 spiro atoms. The summed E-state index contributed by atoms with van der Waals surface area (Å²) in [5.74, 6) is 0.771. The zero-order valence-corrected chi connectivity index (χ0v) is 14.7. The maximum Gasteiger partial charge on any atom is 0.187 e. The molecule has 0 aliphatic heterocycles. The molecule has 0 radical (unpaired) electrons. The van der Waals surface area contributed by atoms with E-state index in [0.717, 1.165) is 27.8 Å². The van der Waals surface area contributed by atoms with Gasteiger partial charge in [-0.05, 0) is 49.4 Å². The predicted octanol–water partition coefficient (Wildman–Crippen LogP) is 5.42. The second-order valence-corrected chi connectivity index (χ2v) is 6.44. The molecule has 0 saturated heterocycles. The Morgan fingerprint density at radius 3 is 2.62 bits per heavy atom. The van der Waals surface area contributed by atoms with Crippen LogP contribution in [0.3, 0.4) is 0 Å². The lowest BCUT2D eigenvalue weighted by Crippen LogP contribution is -1.94. The molecule has 0 unspecified atom stereocenters. The predicted molar refractivity (Wildman–Crippen MR) is 98.8 cm³/mol. The van der Waals surface area contributed by atoms with Crippen molar-refractivity contribution in [3.63, 3.8) is 0 Å². The fourth-order valence-electron chi connectivity index (χ4n) is 2.25. The first-order valence-electron chi connectivity index (χ1n) is 7.24. The second-order valence-electron chi connectivity index (χ2n) is 5.14. The summed E-state index contributed by atoms with van der Waals surface area (Å²) in [6.45, 7) is 1.55. The number of rotatable bonds is 5. The average Bonchev–Trinajstić information content (AvgIpc) is 3.03. The van der Waals surface area contributed by atoms with E-state index in [-0.39, 0.29) is 5.78 Å². The highest BCUT2D eigenvalue weighted by atomic mass is 35.5. The van der Waals surface area contributed by atoms with E-state index >= 15 is 0 Å². The minimum Gasteiger partial charge on any atom is -0.496 e. The van der Waals surface area contributed by atoms with E-state index in [9.17, 15) is 4.79 Å². The van der Waals surface area contributed by atoms with Gasteiger partial charge in [-0.3, -0.25) is 4.79 Å². The minimum absolute atomic E-state index is 0.0473. The maximum atomic E-state index is 11.3. The first-order valence-corrected chi connectivity index (χ1v) is 8.50. The number of nitrogens with one attached hydrogen (secondary N) is 1. The van der Waals surface area contributed by atoms with Crippen LogP contribution in [-0.4, -0.2) is 17.9 Å². The molecule has 3 aromatic rings. The van der Waals surface area contributed by atoms with Crippen LogP contribution < -0.4 is 10.1 Å². The van der Waals surface area contributed by atoms with Crippen LogP contribution in [0.25, 0.3) is 11.3 Å². The molecule has 6 heteroatoms. The van der Waals surface area contributed by atoms with Crippen LogP contribution in [0, 0.1) is 0 Å². The van der Waals surface area contributed by atoms with E-state index in [1.54, 1.807) is 32.2 Å². The Hall–Kier alpha value is -2.37. The highest BCUT2D eigenvalue weighted by Gasteiger charge is 2.11. The summed E-state index contributed by atoms with van der Waals surface area (Å²) in [6, 6.07) is 12.7. The molecular formula is C18H15ClN2O2S. The molecule has 0 saturated carbocycles. The molecule has 0 bridgehead atoms. The van der Waals surface area contributed by atoms with E-state index in [4.69, 9.17) is 16.3 Å². The number of benzene rings is 2. The van der Waals surface area contributed by atoms with Crippen LogP contribution in [0.2, 0.25) is 5.02 Å². The molecule has 0 aliphatic carbocycles. The number of Topliss-reactive ketones (excluding diaryl/α,β-unsaturated/α-hetero) is 1. The number of ketones is 1. The summed E-state index contributed by atoms with van der Waals surface area (Å²) >= 11 is 7.56. The largest absolute Gasteiger partial charge is 0.496 e. The number of aromatic nitrogens is 1. The summed E-state index contributed by atoms with van der Waals surface area (Å²) in [5.41, 5.74) is 3.20. The summed E-state index contributed by atoms with van der Waals surface area (Å²) in [5, 5.41) is 6.56. The normalized spacial score (nSPS) is 10.5. The molecule has 0 aliphatic rings. The van der Waals surface area contributed by atoms with Gasteiger partial charge in [0.2, 0.25) is 0 Å². The number of carbonyl (C=O) groups excluding carboxylic acids is 1. The lowest BCUT2D eigenvalue weighted by atomic mass is 10.1. The van der Waals surface area contributed by atoms with Crippen molar-refractivity contribution in [3.05, 3.63) is 58.4 Å². The Kier molecular flexibility index (Phi) is 4.83. The Labute approximate surface area is 149 Å². The number of anilines is 2. The molecule has 0 fully saturated rings. The van der Waals surface area contributed by atoms with Gasteiger partial charge in [-0.2, -0.15) is 0 Å². The smallest absolute Gasteiger partial charge is 0.187 e. The van der Waals surface area contributed by atoms with E-state index < -0.39 is 0 Å². The lowest BCUT2D eigenvalue weighted by molar-refractivity contribution is 0.101. The van der Waals surface area contributed by atoms with Gasteiger partial charge in [-0.1, -0.05) is 11.6 Å². The highest BCUT2D eigenvalue weighted by Crippen LogP contribution is 2.34. The topological polar surface area (TPSA) is 51.2 Å². The number of carbonyl (C=O) groups is 1. The van der Waals surface area contributed by atoms with Crippen molar-refractivity contribution < 1.29 is 9.53 Å². The zero-order chi connectivity index (χ0) is 17.1. The quantitative estimate of drug-likeness (QED) is 0.619.